The number of hydrogen-bond donors (Lipinski definition) is 0. The third kappa shape index (κ3) is 2.78. The number of carbonyl (C=O) groups is 1. The van der Waals surface area contributed by atoms with Gasteiger partial charge in [-0.05, 0) is 19.1 Å². The number of ether oxygens (including phenoxy) is 2. The predicted molar refractivity (Wildman–Crippen MR) is 89.2 cm³/mol. The van der Waals surface area contributed by atoms with Crippen LogP contribution >= 0.6 is 11.3 Å². The van der Waals surface area contributed by atoms with Gasteiger partial charge in [0, 0.05) is 30.6 Å². The van der Waals surface area contributed by atoms with Crippen LogP contribution in [-0.2, 0) is 4.74 Å². The number of amides is 1. The number of pyridine rings is 1. The van der Waals surface area contributed by atoms with Gasteiger partial charge in [0.1, 0.15) is 11.4 Å². The summed E-state index contributed by atoms with van der Waals surface area (Å²) < 4.78 is 11.6. The second kappa shape index (κ2) is 6.14. The molecule has 0 spiro atoms. The van der Waals surface area contributed by atoms with E-state index in [1.54, 1.807) is 12.4 Å². The number of nitrogens with zero attached hydrogens (tertiary/aromatic N) is 3. The molecule has 1 amide bonds. The Balaban J connectivity index is 1.47. The quantitative estimate of drug-likeness (QED) is 0.848. The summed E-state index contributed by atoms with van der Waals surface area (Å²) in [6, 6.07) is 3.75. The minimum atomic E-state index is -0.142. The zero-order valence-electron chi connectivity index (χ0n) is 13.5. The molecular formula is C17H19N3O3S. The lowest BCUT2D eigenvalue weighted by molar-refractivity contribution is 0.0655. The van der Waals surface area contributed by atoms with Crippen molar-refractivity contribution in [1.82, 2.24) is 14.9 Å². The first-order valence-corrected chi connectivity index (χ1v) is 8.86. The summed E-state index contributed by atoms with van der Waals surface area (Å²) in [6.07, 6.45) is 3.43. The van der Waals surface area contributed by atoms with Crippen LogP contribution in [0.1, 0.15) is 15.5 Å². The number of rotatable bonds is 4. The molecule has 0 aromatic carbocycles. The highest BCUT2D eigenvalue weighted by Crippen LogP contribution is 2.42. The molecule has 2 aromatic heterocycles. The molecule has 24 heavy (non-hydrogen) atoms. The second-order valence-corrected chi connectivity index (χ2v) is 7.55. The van der Waals surface area contributed by atoms with Crippen molar-refractivity contribution in [3.8, 4) is 5.75 Å². The Morgan fingerprint density at radius 3 is 3.25 bits per heavy atom. The summed E-state index contributed by atoms with van der Waals surface area (Å²) in [6.45, 7) is 5.09. The molecule has 2 saturated heterocycles. The van der Waals surface area contributed by atoms with E-state index in [0.29, 0.717) is 44.5 Å². The molecule has 2 aliphatic rings. The smallest absolute Gasteiger partial charge is 0.273 e. The molecule has 2 aromatic rings. The first kappa shape index (κ1) is 15.5. The van der Waals surface area contributed by atoms with E-state index in [2.05, 4.69) is 9.97 Å². The molecule has 126 valence electrons. The first-order chi connectivity index (χ1) is 11.7. The molecule has 4 heterocycles. The average Bonchev–Trinajstić information content (AvgIpc) is 3.27. The zero-order chi connectivity index (χ0) is 16.6. The van der Waals surface area contributed by atoms with Crippen molar-refractivity contribution in [3.05, 3.63) is 40.6 Å². The number of carbonyl (C=O) groups excluding carboxylic acids is 1. The van der Waals surface area contributed by atoms with Crippen LogP contribution in [0.15, 0.2) is 29.9 Å². The third-order valence-corrected chi connectivity index (χ3v) is 5.58. The van der Waals surface area contributed by atoms with Crippen molar-refractivity contribution in [1.29, 1.82) is 0 Å². The van der Waals surface area contributed by atoms with Crippen molar-refractivity contribution in [2.24, 2.45) is 11.3 Å². The summed E-state index contributed by atoms with van der Waals surface area (Å²) in [7, 11) is 0. The van der Waals surface area contributed by atoms with Gasteiger partial charge in [-0.2, -0.15) is 0 Å². The fourth-order valence-corrected chi connectivity index (χ4v) is 4.06. The maximum atomic E-state index is 12.7. The Hall–Kier alpha value is -1.99. The van der Waals surface area contributed by atoms with Gasteiger partial charge in [-0.15, -0.1) is 11.3 Å². The topological polar surface area (TPSA) is 64.6 Å². The fraction of sp³-hybridized carbons (Fsp3) is 0.471. The van der Waals surface area contributed by atoms with Crippen molar-refractivity contribution in [2.75, 3.05) is 32.9 Å². The van der Waals surface area contributed by atoms with E-state index in [0.717, 1.165) is 10.8 Å². The van der Waals surface area contributed by atoms with Crippen molar-refractivity contribution in [3.63, 3.8) is 0 Å². The number of thiazole rings is 1. The third-order valence-electron chi connectivity index (χ3n) is 4.81. The number of aryl methyl sites for hydroxylation is 1. The van der Waals surface area contributed by atoms with Crippen LogP contribution in [0.2, 0.25) is 0 Å². The van der Waals surface area contributed by atoms with Gasteiger partial charge < -0.3 is 14.4 Å². The highest BCUT2D eigenvalue weighted by Gasteiger charge is 2.52. The summed E-state index contributed by atoms with van der Waals surface area (Å²) >= 11 is 1.50. The van der Waals surface area contributed by atoms with E-state index in [4.69, 9.17) is 9.47 Å². The number of fused-ring (bicyclic) bond motifs is 1. The molecule has 2 fully saturated rings. The molecular weight excluding hydrogens is 326 g/mol. The normalized spacial score (nSPS) is 25.7. The van der Waals surface area contributed by atoms with Gasteiger partial charge in [0.25, 0.3) is 5.91 Å². The van der Waals surface area contributed by atoms with Crippen molar-refractivity contribution in [2.45, 2.75) is 6.92 Å². The van der Waals surface area contributed by atoms with Gasteiger partial charge in [-0.3, -0.25) is 9.78 Å². The lowest BCUT2D eigenvalue weighted by Crippen LogP contribution is -2.38. The Labute approximate surface area is 144 Å². The van der Waals surface area contributed by atoms with Crippen LogP contribution in [0.4, 0.5) is 0 Å². The van der Waals surface area contributed by atoms with Gasteiger partial charge in [-0.25, -0.2) is 4.98 Å². The molecule has 2 atom stereocenters. The van der Waals surface area contributed by atoms with E-state index in [-0.39, 0.29) is 11.3 Å². The summed E-state index contributed by atoms with van der Waals surface area (Å²) in [5, 5.41) is 2.75. The van der Waals surface area contributed by atoms with E-state index in [1.165, 1.54) is 11.3 Å². The Morgan fingerprint density at radius 1 is 1.58 bits per heavy atom. The van der Waals surface area contributed by atoms with Gasteiger partial charge >= 0.3 is 0 Å². The zero-order valence-corrected chi connectivity index (χ0v) is 14.3. The Bertz CT molecular complexity index is 736. The van der Waals surface area contributed by atoms with Gasteiger partial charge in [0.15, 0.2) is 0 Å². The lowest BCUT2D eigenvalue weighted by Gasteiger charge is -2.26. The summed E-state index contributed by atoms with van der Waals surface area (Å²) in [5.41, 5.74) is 0.401. The fourth-order valence-electron chi connectivity index (χ4n) is 3.47. The molecule has 0 aliphatic carbocycles. The molecule has 0 N–H and O–H groups in total. The van der Waals surface area contributed by atoms with Crippen LogP contribution in [-0.4, -0.2) is 53.7 Å². The standard InChI is InChI=1S/C17H19N3O3S/c1-12-19-15(8-24-12)16(21)20-6-13-7-22-10-17(13,9-20)11-23-14-3-2-4-18-5-14/h2-5,8,13H,6-7,9-11H2,1H3/t13-,17+/m1/s1. The van der Waals surface area contributed by atoms with Crippen LogP contribution in [0, 0.1) is 18.3 Å². The Kier molecular flexibility index (Phi) is 3.97. The molecule has 0 radical (unpaired) electrons. The average molecular weight is 345 g/mol. The number of likely N-dealkylation sites (tertiary alicyclic amines) is 1. The maximum absolute atomic E-state index is 12.7. The maximum Gasteiger partial charge on any atom is 0.273 e. The van der Waals surface area contributed by atoms with E-state index >= 15 is 0 Å². The molecule has 0 unspecified atom stereocenters. The second-order valence-electron chi connectivity index (χ2n) is 6.49. The SMILES string of the molecule is Cc1nc(C(=O)N2C[C@@H]3COC[C@]3(COc3cccnc3)C2)cs1. The Morgan fingerprint density at radius 2 is 2.50 bits per heavy atom. The van der Waals surface area contributed by atoms with Crippen molar-refractivity contribution < 1.29 is 14.3 Å². The van der Waals surface area contributed by atoms with Crippen LogP contribution in [0.3, 0.4) is 0 Å². The van der Waals surface area contributed by atoms with Crippen LogP contribution < -0.4 is 4.74 Å². The number of hydrogen-bond acceptors (Lipinski definition) is 6. The number of aromatic nitrogens is 2. The summed E-state index contributed by atoms with van der Waals surface area (Å²) in [4.78, 5) is 23.0. The minimum Gasteiger partial charge on any atom is -0.491 e. The van der Waals surface area contributed by atoms with Crippen molar-refractivity contribution >= 4 is 17.2 Å². The van der Waals surface area contributed by atoms with E-state index in [9.17, 15) is 4.79 Å². The molecule has 0 bridgehead atoms. The molecule has 4 rings (SSSR count). The van der Waals surface area contributed by atoms with Crippen LogP contribution in [0.5, 0.6) is 5.75 Å². The molecule has 0 saturated carbocycles. The molecule has 6 nitrogen and oxygen atoms in total. The van der Waals surface area contributed by atoms with Crippen LogP contribution in [0.25, 0.3) is 0 Å². The highest BCUT2D eigenvalue weighted by molar-refractivity contribution is 7.09. The van der Waals surface area contributed by atoms with E-state index in [1.807, 2.05) is 29.3 Å². The monoisotopic (exact) mass is 345 g/mol. The lowest BCUT2D eigenvalue weighted by atomic mass is 9.82. The minimum absolute atomic E-state index is 0.00880. The highest BCUT2D eigenvalue weighted by atomic mass is 32.1. The summed E-state index contributed by atoms with van der Waals surface area (Å²) in [5.74, 6) is 1.06. The van der Waals surface area contributed by atoms with Gasteiger partial charge in [0.05, 0.1) is 36.4 Å². The van der Waals surface area contributed by atoms with E-state index < -0.39 is 0 Å². The van der Waals surface area contributed by atoms with Gasteiger partial charge in [0.2, 0.25) is 0 Å². The first-order valence-electron chi connectivity index (χ1n) is 7.98. The predicted octanol–water partition coefficient (Wildman–Crippen LogP) is 2.01. The molecule has 7 heteroatoms. The van der Waals surface area contributed by atoms with Gasteiger partial charge in [-0.1, -0.05) is 0 Å². The molecule has 2 aliphatic heterocycles. The largest absolute Gasteiger partial charge is 0.491 e.